The summed E-state index contributed by atoms with van der Waals surface area (Å²) < 4.78 is 27.5. The molecular formula is C13H14N2O6S. The van der Waals surface area contributed by atoms with E-state index < -0.39 is 34.2 Å². The molecule has 0 radical (unpaired) electrons. The Morgan fingerprint density at radius 3 is 2.50 bits per heavy atom. The van der Waals surface area contributed by atoms with Gasteiger partial charge in [-0.05, 0) is 32.0 Å². The molecule has 22 heavy (non-hydrogen) atoms. The lowest BCUT2D eigenvalue weighted by molar-refractivity contribution is -0.146. The molecule has 0 bridgehead atoms. The van der Waals surface area contributed by atoms with Crippen LogP contribution >= 0.6 is 0 Å². The molecule has 1 aliphatic rings. The number of ether oxygens (including phenoxy) is 1. The van der Waals surface area contributed by atoms with Gasteiger partial charge in [-0.3, -0.25) is 19.3 Å². The fraction of sp³-hybridized carbons (Fsp3) is 0.308. The molecule has 1 aromatic carbocycles. The summed E-state index contributed by atoms with van der Waals surface area (Å²) in [4.78, 5) is 36.2. The number of benzene rings is 1. The van der Waals surface area contributed by atoms with E-state index in [0.29, 0.717) is 0 Å². The SMILES string of the molecule is CC(C)OC(=O)CN1C(=O)C(=O)c2cc(S(N)(=O)=O)ccc21. The number of hydrogen-bond donors (Lipinski definition) is 1. The first-order valence-corrected chi connectivity index (χ1v) is 7.88. The Morgan fingerprint density at radius 1 is 1.32 bits per heavy atom. The summed E-state index contributed by atoms with van der Waals surface area (Å²) in [6, 6.07) is 3.46. The zero-order valence-electron chi connectivity index (χ0n) is 11.9. The smallest absolute Gasteiger partial charge is 0.326 e. The van der Waals surface area contributed by atoms with Gasteiger partial charge in [0, 0.05) is 0 Å². The van der Waals surface area contributed by atoms with Crippen molar-refractivity contribution in [1.82, 2.24) is 0 Å². The van der Waals surface area contributed by atoms with E-state index in [1.807, 2.05) is 0 Å². The van der Waals surface area contributed by atoms with Crippen LogP contribution < -0.4 is 10.0 Å². The van der Waals surface area contributed by atoms with Crippen molar-refractivity contribution in [2.45, 2.75) is 24.8 Å². The number of esters is 1. The van der Waals surface area contributed by atoms with Crippen LogP contribution in [0.15, 0.2) is 23.1 Å². The van der Waals surface area contributed by atoms with E-state index in [4.69, 9.17) is 9.88 Å². The zero-order chi connectivity index (χ0) is 16.7. The maximum atomic E-state index is 11.9. The Bertz CT molecular complexity index is 769. The second-order valence-electron chi connectivity index (χ2n) is 4.98. The number of carbonyl (C=O) groups excluding carboxylic acids is 3. The monoisotopic (exact) mass is 326 g/mol. The predicted octanol–water partition coefficient (Wildman–Crippen LogP) is -0.185. The molecule has 0 fully saturated rings. The van der Waals surface area contributed by atoms with Gasteiger partial charge in [0.05, 0.1) is 22.3 Å². The number of nitrogens with zero attached hydrogens (tertiary/aromatic N) is 1. The minimum absolute atomic E-state index is 0.103. The largest absolute Gasteiger partial charge is 0.462 e. The van der Waals surface area contributed by atoms with Gasteiger partial charge in [-0.2, -0.15) is 0 Å². The molecule has 0 spiro atoms. The van der Waals surface area contributed by atoms with E-state index in [0.717, 1.165) is 11.0 Å². The highest BCUT2D eigenvalue weighted by Crippen LogP contribution is 2.30. The molecule has 0 aliphatic carbocycles. The number of fused-ring (bicyclic) bond motifs is 1. The third-order valence-electron chi connectivity index (χ3n) is 2.93. The van der Waals surface area contributed by atoms with E-state index in [-0.39, 0.29) is 22.3 Å². The van der Waals surface area contributed by atoms with Gasteiger partial charge in [0.15, 0.2) is 0 Å². The summed E-state index contributed by atoms with van der Waals surface area (Å²) in [5.41, 5.74) is 0.0528. The van der Waals surface area contributed by atoms with E-state index in [9.17, 15) is 22.8 Å². The number of amides is 1. The summed E-state index contributed by atoms with van der Waals surface area (Å²) >= 11 is 0. The summed E-state index contributed by atoms with van der Waals surface area (Å²) in [7, 11) is -4.00. The van der Waals surface area contributed by atoms with Gasteiger partial charge in [-0.25, -0.2) is 13.6 Å². The van der Waals surface area contributed by atoms with E-state index in [1.54, 1.807) is 13.8 Å². The van der Waals surface area contributed by atoms with Crippen molar-refractivity contribution in [1.29, 1.82) is 0 Å². The van der Waals surface area contributed by atoms with Crippen molar-refractivity contribution < 1.29 is 27.5 Å². The molecule has 1 aromatic rings. The molecule has 0 unspecified atom stereocenters. The fourth-order valence-electron chi connectivity index (χ4n) is 2.04. The normalized spacial score (nSPS) is 14.5. The van der Waals surface area contributed by atoms with Crippen molar-refractivity contribution in [2.75, 3.05) is 11.4 Å². The number of sulfonamides is 1. The van der Waals surface area contributed by atoms with Crippen LogP contribution in [-0.4, -0.2) is 38.7 Å². The van der Waals surface area contributed by atoms with Crippen molar-refractivity contribution >= 4 is 33.4 Å². The molecule has 1 heterocycles. The van der Waals surface area contributed by atoms with Crippen molar-refractivity contribution in [3.05, 3.63) is 23.8 Å². The van der Waals surface area contributed by atoms with Crippen LogP contribution in [0.25, 0.3) is 0 Å². The topological polar surface area (TPSA) is 124 Å². The van der Waals surface area contributed by atoms with Gasteiger partial charge in [0.25, 0.3) is 11.7 Å². The lowest BCUT2D eigenvalue weighted by atomic mass is 10.1. The van der Waals surface area contributed by atoms with Crippen molar-refractivity contribution in [2.24, 2.45) is 5.14 Å². The van der Waals surface area contributed by atoms with Crippen LogP contribution in [0, 0.1) is 0 Å². The van der Waals surface area contributed by atoms with Crippen LogP contribution in [0.4, 0.5) is 5.69 Å². The summed E-state index contributed by atoms with van der Waals surface area (Å²) in [5.74, 6) is -2.47. The minimum atomic E-state index is -4.00. The van der Waals surface area contributed by atoms with Gasteiger partial charge in [-0.15, -0.1) is 0 Å². The van der Waals surface area contributed by atoms with Crippen LogP contribution in [0.2, 0.25) is 0 Å². The second-order valence-corrected chi connectivity index (χ2v) is 6.54. The van der Waals surface area contributed by atoms with Crippen LogP contribution in [-0.2, 0) is 24.3 Å². The van der Waals surface area contributed by atoms with Crippen LogP contribution in [0.3, 0.4) is 0 Å². The zero-order valence-corrected chi connectivity index (χ0v) is 12.7. The molecular weight excluding hydrogens is 312 g/mol. The molecule has 0 aromatic heterocycles. The molecule has 1 aliphatic heterocycles. The lowest BCUT2D eigenvalue weighted by Crippen LogP contribution is -2.36. The van der Waals surface area contributed by atoms with Gasteiger partial charge < -0.3 is 4.74 Å². The highest BCUT2D eigenvalue weighted by atomic mass is 32.2. The predicted molar refractivity (Wildman–Crippen MR) is 75.7 cm³/mol. The molecule has 0 saturated carbocycles. The van der Waals surface area contributed by atoms with Crippen molar-refractivity contribution in [3.8, 4) is 0 Å². The molecule has 1 amide bonds. The minimum Gasteiger partial charge on any atom is -0.462 e. The Hall–Kier alpha value is -2.26. The van der Waals surface area contributed by atoms with Crippen molar-refractivity contribution in [3.63, 3.8) is 0 Å². The standard InChI is InChI=1S/C13H14N2O6S/c1-7(2)21-11(16)6-15-10-4-3-8(22(14,19)20)5-9(10)12(17)13(15)18/h3-5,7H,6H2,1-2H3,(H2,14,19,20). The lowest BCUT2D eigenvalue weighted by Gasteiger charge is -2.16. The highest BCUT2D eigenvalue weighted by molar-refractivity contribution is 7.89. The summed E-state index contributed by atoms with van der Waals surface area (Å²) in [5, 5.41) is 4.99. The molecule has 2 rings (SSSR count). The number of ketones is 1. The first kappa shape index (κ1) is 16.1. The number of primary sulfonamides is 1. The van der Waals surface area contributed by atoms with Gasteiger partial charge in [0.2, 0.25) is 10.0 Å². The fourth-order valence-corrected chi connectivity index (χ4v) is 2.58. The Balaban J connectivity index is 2.37. The third kappa shape index (κ3) is 3.00. The maximum absolute atomic E-state index is 11.9. The maximum Gasteiger partial charge on any atom is 0.326 e. The molecule has 0 atom stereocenters. The number of Topliss-reactive ketones (excluding diaryl/α,β-unsaturated/α-hetero) is 1. The number of rotatable bonds is 4. The van der Waals surface area contributed by atoms with Gasteiger partial charge in [0.1, 0.15) is 6.54 Å². The molecule has 9 heteroatoms. The molecule has 2 N–H and O–H groups in total. The quantitative estimate of drug-likeness (QED) is 0.604. The molecule has 118 valence electrons. The van der Waals surface area contributed by atoms with E-state index in [2.05, 4.69) is 0 Å². The molecule has 0 saturated heterocycles. The third-order valence-corrected chi connectivity index (χ3v) is 3.84. The first-order chi connectivity index (χ1) is 10.1. The summed E-state index contributed by atoms with van der Waals surface area (Å²) in [6.45, 7) is 2.88. The van der Waals surface area contributed by atoms with Gasteiger partial charge >= 0.3 is 5.97 Å². The van der Waals surface area contributed by atoms with Gasteiger partial charge in [-0.1, -0.05) is 0 Å². The molecule has 8 nitrogen and oxygen atoms in total. The number of nitrogens with two attached hydrogens (primary N) is 1. The number of anilines is 1. The van der Waals surface area contributed by atoms with E-state index >= 15 is 0 Å². The second kappa shape index (κ2) is 5.50. The van der Waals surface area contributed by atoms with E-state index in [1.165, 1.54) is 12.1 Å². The summed E-state index contributed by atoms with van der Waals surface area (Å²) in [6.07, 6.45) is -0.356. The first-order valence-electron chi connectivity index (χ1n) is 6.34. The van der Waals surface area contributed by atoms with Crippen LogP contribution in [0.5, 0.6) is 0 Å². The Labute approximate surface area is 126 Å². The Morgan fingerprint density at radius 2 is 1.95 bits per heavy atom. The Kier molecular flexibility index (Phi) is 4.03. The average molecular weight is 326 g/mol. The van der Waals surface area contributed by atoms with Crippen LogP contribution in [0.1, 0.15) is 24.2 Å². The average Bonchev–Trinajstić information content (AvgIpc) is 2.62. The number of hydrogen-bond acceptors (Lipinski definition) is 6. The highest BCUT2D eigenvalue weighted by Gasteiger charge is 2.37. The number of carbonyl (C=O) groups is 3.